The minimum Gasteiger partial charge on any atom is -0.308 e. The molecule has 0 aliphatic rings. The molecule has 0 aliphatic heterocycles. The second kappa shape index (κ2) is 12.2. The molecule has 11 heteroatoms. The Labute approximate surface area is 243 Å². The molecule has 0 aliphatic carbocycles. The number of nitrogens with zero attached hydrogens (tertiary/aromatic N) is 3. The Hall–Kier alpha value is -4.78. The van der Waals surface area contributed by atoms with Gasteiger partial charge in [0.15, 0.2) is 11.5 Å². The number of fused-ring (bicyclic) bond motifs is 1. The molecule has 2 N–H and O–H groups in total. The zero-order chi connectivity index (χ0) is 28.9. The maximum atomic E-state index is 13.3. The molecule has 7 nitrogen and oxygen atoms in total. The zero-order valence-electron chi connectivity index (χ0n) is 21.1. The molecule has 0 unspecified atom stereocenters. The minimum atomic E-state index is -0.585. The van der Waals surface area contributed by atoms with Crippen LogP contribution in [0.25, 0.3) is 5.65 Å². The van der Waals surface area contributed by atoms with Crippen molar-refractivity contribution in [1.82, 2.24) is 14.6 Å². The number of anilines is 2. The lowest BCUT2D eigenvalue weighted by atomic mass is 10.0. The molecular formula is C30H19Cl2F2N5O2. The maximum absolute atomic E-state index is 13.3. The van der Waals surface area contributed by atoms with Crippen LogP contribution in [0.2, 0.25) is 10.0 Å². The monoisotopic (exact) mass is 589 g/mol. The molecule has 3 aromatic carbocycles. The molecule has 41 heavy (non-hydrogen) atoms. The highest BCUT2D eigenvalue weighted by molar-refractivity contribution is 6.31. The standard InChI is InChI=1S/C30H19Cl2F2N5O2/c31-24-15-20(6-10-26(24)33)14-23(40)13-19-3-1-18(2-4-19)5-7-21-9-12-29-36-28(17-39(29)38-21)37-30(41)35-22-8-11-27(34)25(32)16-22/h1-4,6,8-12,15-17H,13-14H2,(H2,35,37,41). The molecule has 2 heterocycles. The molecule has 0 bridgehead atoms. The molecule has 0 atom stereocenters. The van der Waals surface area contributed by atoms with Crippen LogP contribution in [-0.4, -0.2) is 26.4 Å². The van der Waals surface area contributed by atoms with Crippen LogP contribution >= 0.6 is 23.2 Å². The first-order valence-corrected chi connectivity index (χ1v) is 12.9. The summed E-state index contributed by atoms with van der Waals surface area (Å²) in [5.74, 6) is 5.15. The summed E-state index contributed by atoms with van der Waals surface area (Å²) in [6.07, 6.45) is 1.92. The Kier molecular flexibility index (Phi) is 8.24. The number of ketones is 1. The van der Waals surface area contributed by atoms with Crippen LogP contribution in [0, 0.1) is 23.5 Å². The van der Waals surface area contributed by atoms with Crippen molar-refractivity contribution in [2.75, 3.05) is 10.6 Å². The predicted molar refractivity (Wildman–Crippen MR) is 153 cm³/mol. The smallest absolute Gasteiger partial charge is 0.308 e. The number of hydrogen-bond donors (Lipinski definition) is 2. The molecule has 0 spiro atoms. The van der Waals surface area contributed by atoms with Crippen molar-refractivity contribution in [2.24, 2.45) is 0 Å². The van der Waals surface area contributed by atoms with Gasteiger partial charge in [0.1, 0.15) is 23.1 Å². The predicted octanol–water partition coefficient (Wildman–Crippen LogP) is 6.71. The molecule has 5 aromatic rings. The number of benzene rings is 3. The van der Waals surface area contributed by atoms with E-state index in [2.05, 4.69) is 32.6 Å². The van der Waals surface area contributed by atoms with E-state index in [1.54, 1.807) is 18.2 Å². The van der Waals surface area contributed by atoms with Crippen molar-refractivity contribution in [3.8, 4) is 11.8 Å². The zero-order valence-corrected chi connectivity index (χ0v) is 22.6. The third-order valence-electron chi connectivity index (χ3n) is 5.81. The van der Waals surface area contributed by atoms with Crippen molar-refractivity contribution in [3.63, 3.8) is 0 Å². The third kappa shape index (κ3) is 7.25. The first kappa shape index (κ1) is 27.8. The van der Waals surface area contributed by atoms with E-state index in [9.17, 15) is 18.4 Å². The summed E-state index contributed by atoms with van der Waals surface area (Å²) in [5, 5.41) is 9.43. The van der Waals surface area contributed by atoms with Crippen LogP contribution in [0.1, 0.15) is 22.4 Å². The van der Waals surface area contributed by atoms with E-state index in [4.69, 9.17) is 23.2 Å². The van der Waals surface area contributed by atoms with Crippen LogP contribution in [0.4, 0.5) is 25.1 Å². The highest BCUT2D eigenvalue weighted by Gasteiger charge is 2.10. The van der Waals surface area contributed by atoms with E-state index in [0.717, 1.165) is 17.2 Å². The average molecular weight is 590 g/mol. The molecule has 0 saturated heterocycles. The highest BCUT2D eigenvalue weighted by Crippen LogP contribution is 2.20. The Balaban J connectivity index is 1.19. The number of aromatic nitrogens is 3. The fourth-order valence-electron chi connectivity index (χ4n) is 3.87. The Bertz CT molecular complexity index is 1850. The number of hydrogen-bond acceptors (Lipinski definition) is 4. The molecule has 0 radical (unpaired) electrons. The fourth-order valence-corrected chi connectivity index (χ4v) is 4.25. The lowest BCUT2D eigenvalue weighted by Gasteiger charge is -2.05. The van der Waals surface area contributed by atoms with E-state index in [-0.39, 0.29) is 34.5 Å². The number of amides is 2. The number of imidazole rings is 1. The van der Waals surface area contributed by atoms with Gasteiger partial charge in [-0.3, -0.25) is 10.1 Å². The molecule has 204 valence electrons. The molecule has 2 amide bonds. The van der Waals surface area contributed by atoms with Crippen LogP contribution in [0.5, 0.6) is 0 Å². The summed E-state index contributed by atoms with van der Waals surface area (Å²) in [4.78, 5) is 29.0. The van der Waals surface area contributed by atoms with Crippen molar-refractivity contribution in [1.29, 1.82) is 0 Å². The van der Waals surface area contributed by atoms with Crippen LogP contribution in [0.15, 0.2) is 79.0 Å². The van der Waals surface area contributed by atoms with E-state index < -0.39 is 17.7 Å². The lowest BCUT2D eigenvalue weighted by molar-refractivity contribution is -0.117. The fraction of sp³-hybridized carbons (Fsp3) is 0.0667. The number of halogens is 4. The normalized spacial score (nSPS) is 10.6. The minimum absolute atomic E-state index is 0.00553. The van der Waals surface area contributed by atoms with Crippen molar-refractivity contribution < 1.29 is 18.4 Å². The van der Waals surface area contributed by atoms with Gasteiger partial charge in [-0.1, -0.05) is 47.3 Å². The lowest BCUT2D eigenvalue weighted by Crippen LogP contribution is -2.19. The maximum Gasteiger partial charge on any atom is 0.324 e. The summed E-state index contributed by atoms with van der Waals surface area (Å²) in [7, 11) is 0. The molecular weight excluding hydrogens is 571 g/mol. The topological polar surface area (TPSA) is 88.4 Å². The number of carbonyl (C=O) groups excluding carboxylic acids is 2. The van der Waals surface area contributed by atoms with Crippen molar-refractivity contribution in [3.05, 3.63) is 123 Å². The van der Waals surface area contributed by atoms with Crippen LogP contribution in [-0.2, 0) is 17.6 Å². The first-order valence-electron chi connectivity index (χ1n) is 12.2. The van der Waals surface area contributed by atoms with Gasteiger partial charge in [-0.05, 0) is 71.6 Å². The summed E-state index contributed by atoms with van der Waals surface area (Å²) in [6, 6.07) is 18.2. The van der Waals surface area contributed by atoms with E-state index in [0.29, 0.717) is 22.6 Å². The number of urea groups is 1. The summed E-state index contributed by atoms with van der Waals surface area (Å²) < 4.78 is 28.1. The van der Waals surface area contributed by atoms with Gasteiger partial charge in [0.25, 0.3) is 0 Å². The summed E-state index contributed by atoms with van der Waals surface area (Å²) in [5.41, 5.74) is 3.52. The second-order valence-electron chi connectivity index (χ2n) is 8.94. The molecule has 0 fully saturated rings. The number of carbonyl (C=O) groups is 2. The Morgan fingerprint density at radius 1 is 0.805 bits per heavy atom. The van der Waals surface area contributed by atoms with E-state index in [1.165, 1.54) is 35.0 Å². The molecule has 5 rings (SSSR count). The average Bonchev–Trinajstić information content (AvgIpc) is 3.33. The van der Waals surface area contributed by atoms with E-state index >= 15 is 0 Å². The van der Waals surface area contributed by atoms with Crippen molar-refractivity contribution in [2.45, 2.75) is 12.8 Å². The number of nitrogens with one attached hydrogen (secondary N) is 2. The Morgan fingerprint density at radius 3 is 2.22 bits per heavy atom. The quantitative estimate of drug-likeness (QED) is 0.215. The van der Waals surface area contributed by atoms with Gasteiger partial charge in [-0.25, -0.2) is 23.1 Å². The molecule has 2 aromatic heterocycles. The van der Waals surface area contributed by atoms with Gasteiger partial charge in [-0.2, -0.15) is 5.10 Å². The van der Waals surface area contributed by atoms with Gasteiger partial charge in [-0.15, -0.1) is 0 Å². The van der Waals surface area contributed by atoms with Crippen LogP contribution in [0.3, 0.4) is 0 Å². The van der Waals surface area contributed by atoms with Gasteiger partial charge in [0.05, 0.1) is 16.2 Å². The largest absolute Gasteiger partial charge is 0.324 e. The van der Waals surface area contributed by atoms with Gasteiger partial charge in [0, 0.05) is 24.1 Å². The van der Waals surface area contributed by atoms with Crippen molar-refractivity contribution >= 4 is 52.2 Å². The number of Topliss-reactive ketones (excluding diaryl/α,β-unsaturated/α-hetero) is 1. The van der Waals surface area contributed by atoms with Gasteiger partial charge >= 0.3 is 6.03 Å². The number of rotatable bonds is 6. The SMILES string of the molecule is O=C(Cc1ccc(C#Cc2ccc3nc(NC(=O)Nc4ccc(F)c(Cl)c4)cn3n2)cc1)Cc1ccc(F)c(Cl)c1. The summed E-state index contributed by atoms with van der Waals surface area (Å²) in [6.45, 7) is 0. The van der Waals surface area contributed by atoms with E-state index in [1.807, 2.05) is 24.3 Å². The third-order valence-corrected chi connectivity index (χ3v) is 6.39. The van der Waals surface area contributed by atoms with Crippen LogP contribution < -0.4 is 10.6 Å². The highest BCUT2D eigenvalue weighted by atomic mass is 35.5. The Morgan fingerprint density at radius 2 is 1.49 bits per heavy atom. The summed E-state index contributed by atoms with van der Waals surface area (Å²) >= 11 is 11.5. The second-order valence-corrected chi connectivity index (χ2v) is 9.76. The first-order chi connectivity index (χ1) is 19.7. The van der Waals surface area contributed by atoms with Gasteiger partial charge < -0.3 is 5.32 Å². The van der Waals surface area contributed by atoms with Gasteiger partial charge in [0.2, 0.25) is 0 Å². The molecule has 0 saturated carbocycles.